The molecule has 9 aliphatic rings. The summed E-state index contributed by atoms with van der Waals surface area (Å²) in [6.07, 6.45) is 0. The summed E-state index contributed by atoms with van der Waals surface area (Å²) < 4.78 is 38.1. The van der Waals surface area contributed by atoms with Gasteiger partial charge in [-0.1, -0.05) is 306 Å². The number of nitriles is 3. The molecule has 6 aliphatic heterocycles. The van der Waals surface area contributed by atoms with E-state index in [1.165, 1.54) is 159 Å². The highest BCUT2D eigenvalue weighted by Gasteiger charge is 2.65. The molecular weight excluding hydrogens is 1840 g/mol. The number of halogens is 3. The third-order valence-corrected chi connectivity index (χ3v) is 33.7. The fourth-order valence-electron chi connectivity index (χ4n) is 20.5. The number of hydrogen-bond donors (Lipinski definition) is 2. The second-order valence-corrected chi connectivity index (χ2v) is 43.1. The van der Waals surface area contributed by atoms with Crippen LogP contribution in [-0.2, 0) is 44.2 Å². The molecule has 2 N–H and O–H groups in total. The van der Waals surface area contributed by atoms with E-state index < -0.39 is 50.3 Å². The number of fused-ring (bicyclic) bond motifs is 27. The Morgan fingerprint density at radius 2 is 0.566 bits per heavy atom. The van der Waals surface area contributed by atoms with Crippen LogP contribution in [0, 0.1) is 34.0 Å². The fourth-order valence-corrected chi connectivity index (χ4v) is 25.0. The van der Waals surface area contributed by atoms with Crippen molar-refractivity contribution in [3.63, 3.8) is 0 Å². The molecule has 6 heterocycles. The summed E-state index contributed by atoms with van der Waals surface area (Å²) in [4.78, 5) is 7.69. The SMILES string of the molecule is C.CC1(C)OB(B2OC(C)(C)C(C)(C)O2)OC1(C)C.CC1(C)OB(c2ccc3c(c2)C2(c4ccccc4Sc4ccccc42)c2cccc(-c4ccc(C#N)cc4)c2-3)OC1(C)C.Clc1ccc2c(c1)C1(c3ccccc3Sc3ccccc31)c1cccc(Br)c1-2.N#Cc1ccc(-c2cccc3c2-c2ccc(Cl)cc2C32c3ccccc3Sc3ccccc32)cc1.N#Cc1ccc(B(O)O)cc1. The molecule has 0 bridgehead atoms. The standard InChI is InChI=1S/C38H30BNO2S.C32H18ClNS.C25H14BrClS.C12H24B2O4.C7H6BNO2.CH4/c1-36(2)37(3,4)42-39(41-36)26-20-21-28-32(22-26)38(29-11-5-7-14-33(29)43-34-15-8-6-12-30(34)38)31-13-9-10-27(35(28)31)25-18-16-24(23-40)17-19-25;33-22-16-17-24-28(18-22)32(25-7-1-3-10-29(25)35-30-11-4-2-8-26(30)32)27-9-5-6-23(31(24)27)21-14-12-20(19-34)13-15-21;26-21-9-5-8-19-24(21)16-13-12-15(27)14-20(16)25(19)17-6-1-3-10-22(17)28-23-11-4-2-7-18(23)25;1-9(2)10(3,4)16-13(15-9)14-17-11(5,6)12(7,8)18-14;9-5-6-1-3-7(4-2-6)8(10)11;/h5-22H,1-4H3;1-18H;1-14H;1-8H3;1-4,10-11H;1H4. The minimum atomic E-state index is -1.46. The van der Waals surface area contributed by atoms with Gasteiger partial charge in [-0.25, -0.2) is 0 Å². The van der Waals surface area contributed by atoms with Gasteiger partial charge < -0.3 is 38.0 Å². The normalized spacial score (nSPS) is 17.3. The van der Waals surface area contributed by atoms with E-state index in [0.29, 0.717) is 22.2 Å². The van der Waals surface area contributed by atoms with Crippen molar-refractivity contribution in [3.8, 4) is 73.8 Å². The fraction of sp³-hybridized carbons (Fsp3) is 0.191. The smallest absolute Gasteiger partial charge is 0.423 e. The molecule has 3 aliphatic carbocycles. The van der Waals surface area contributed by atoms with Crippen molar-refractivity contribution >= 4 is 114 Å². The van der Waals surface area contributed by atoms with E-state index in [-0.39, 0.29) is 35.2 Å². The average molecular weight is 1940 g/mol. The first-order valence-electron chi connectivity index (χ1n) is 45.2. The summed E-state index contributed by atoms with van der Waals surface area (Å²) in [6, 6.07) is 120. The maximum Gasteiger partial charge on any atom is 0.494 e. The lowest BCUT2D eigenvalue weighted by Crippen LogP contribution is -2.41. The largest absolute Gasteiger partial charge is 0.494 e. The lowest BCUT2D eigenvalue weighted by molar-refractivity contribution is 0.00578. The zero-order valence-electron chi connectivity index (χ0n) is 76.5. The van der Waals surface area contributed by atoms with Gasteiger partial charge in [-0.15, -0.1) is 0 Å². The van der Waals surface area contributed by atoms with E-state index in [2.05, 4.69) is 311 Å². The molecular formula is C115H96B4BrCl2N3O8S3. The van der Waals surface area contributed by atoms with Crippen molar-refractivity contribution in [2.75, 3.05) is 0 Å². The van der Waals surface area contributed by atoms with Gasteiger partial charge in [0.2, 0.25) is 0 Å². The molecule has 0 amide bonds. The molecule has 3 saturated heterocycles. The molecule has 0 radical (unpaired) electrons. The minimum absolute atomic E-state index is 0. The molecule has 3 fully saturated rings. The van der Waals surface area contributed by atoms with Gasteiger partial charge in [0.15, 0.2) is 0 Å². The summed E-state index contributed by atoms with van der Waals surface area (Å²) in [7, 11) is -2.87. The zero-order chi connectivity index (χ0) is 94.3. The molecule has 21 heteroatoms. The number of rotatable bonds is 5. The highest BCUT2D eigenvalue weighted by Crippen LogP contribution is 2.68. The maximum atomic E-state index is 9.44. The summed E-state index contributed by atoms with van der Waals surface area (Å²) in [5.41, 5.74) is 27.0. The van der Waals surface area contributed by atoms with E-state index in [9.17, 15) is 10.5 Å². The Bertz CT molecular complexity index is 7220. The Morgan fingerprint density at radius 3 is 0.890 bits per heavy atom. The monoisotopic (exact) mass is 1940 g/mol. The van der Waals surface area contributed by atoms with Gasteiger partial charge in [0.25, 0.3) is 0 Å². The second kappa shape index (κ2) is 35.7. The molecule has 0 unspecified atom stereocenters. The van der Waals surface area contributed by atoms with Crippen molar-refractivity contribution in [2.45, 2.75) is 170 Å². The Morgan fingerprint density at radius 1 is 0.294 bits per heavy atom. The summed E-state index contributed by atoms with van der Waals surface area (Å²) >= 11 is 22.6. The molecule has 3 spiro atoms. The maximum absolute atomic E-state index is 9.44. The minimum Gasteiger partial charge on any atom is -0.423 e. The molecule has 11 nitrogen and oxygen atoms in total. The molecule has 15 aromatic carbocycles. The van der Waals surface area contributed by atoms with Gasteiger partial charge in [-0.05, 0) is 314 Å². The van der Waals surface area contributed by atoms with E-state index in [0.717, 1.165) is 36.7 Å². The summed E-state index contributed by atoms with van der Waals surface area (Å²) in [5, 5.41) is 46.0. The van der Waals surface area contributed by atoms with Crippen LogP contribution in [0.1, 0.15) is 174 Å². The quantitative estimate of drug-likeness (QED) is 0.156. The average Bonchev–Trinajstić information content (AvgIpc) is 1.51. The van der Waals surface area contributed by atoms with Crippen LogP contribution in [0.4, 0.5) is 0 Å². The summed E-state index contributed by atoms with van der Waals surface area (Å²) in [5.74, 6) is 0. The third-order valence-electron chi connectivity index (χ3n) is 29.1. The van der Waals surface area contributed by atoms with E-state index in [1.54, 1.807) is 0 Å². The highest BCUT2D eigenvalue weighted by atomic mass is 79.9. The summed E-state index contributed by atoms with van der Waals surface area (Å²) in [6.45, 7) is 24.6. The van der Waals surface area contributed by atoms with Gasteiger partial charge in [-0.2, -0.15) is 15.8 Å². The van der Waals surface area contributed by atoms with Gasteiger partial charge >= 0.3 is 28.3 Å². The predicted octanol–water partition coefficient (Wildman–Crippen LogP) is 27.1. The third kappa shape index (κ3) is 15.3. The van der Waals surface area contributed by atoms with Crippen molar-refractivity contribution in [1.29, 1.82) is 15.8 Å². The Hall–Kier alpha value is -11.2. The topological polar surface area (TPSA) is 167 Å². The Labute approximate surface area is 829 Å². The molecule has 0 aromatic heterocycles. The van der Waals surface area contributed by atoms with E-state index in [4.69, 9.17) is 66.4 Å². The Kier molecular flexibility index (Phi) is 24.6. The van der Waals surface area contributed by atoms with Crippen molar-refractivity contribution in [3.05, 3.63) is 426 Å². The second-order valence-electron chi connectivity index (χ2n) is 38.2. The first-order valence-corrected chi connectivity index (χ1v) is 49.2. The van der Waals surface area contributed by atoms with Crippen LogP contribution >= 0.6 is 74.4 Å². The van der Waals surface area contributed by atoms with Crippen molar-refractivity contribution in [2.24, 2.45) is 0 Å². The lowest BCUT2D eigenvalue weighted by Gasteiger charge is -2.39. The number of hydrogen-bond acceptors (Lipinski definition) is 14. The van der Waals surface area contributed by atoms with Crippen molar-refractivity contribution < 1.29 is 38.0 Å². The number of nitrogens with zero attached hydrogens (tertiary/aromatic N) is 3. The molecule has 136 heavy (non-hydrogen) atoms. The first kappa shape index (κ1) is 93.8. The lowest BCUT2D eigenvalue weighted by atomic mass is 9.49. The van der Waals surface area contributed by atoms with E-state index >= 15 is 0 Å². The van der Waals surface area contributed by atoms with Gasteiger partial charge in [0.05, 0.1) is 84.7 Å². The van der Waals surface area contributed by atoms with E-state index in [1.807, 2.05) is 145 Å². The van der Waals surface area contributed by atoms with Gasteiger partial charge in [0, 0.05) is 49.5 Å². The first-order chi connectivity index (χ1) is 64.8. The molecule has 24 rings (SSSR count). The van der Waals surface area contributed by atoms with Crippen LogP contribution < -0.4 is 10.9 Å². The molecule has 0 saturated carbocycles. The molecule has 0 atom stereocenters. The van der Waals surface area contributed by atoms with Crippen LogP contribution in [0.2, 0.25) is 10.0 Å². The van der Waals surface area contributed by atoms with Gasteiger partial charge in [0.1, 0.15) is 0 Å². The van der Waals surface area contributed by atoms with Crippen LogP contribution in [0.15, 0.2) is 361 Å². The van der Waals surface area contributed by atoms with Crippen molar-refractivity contribution in [1.82, 2.24) is 0 Å². The zero-order valence-corrected chi connectivity index (χ0v) is 82.1. The highest BCUT2D eigenvalue weighted by molar-refractivity contribution is 9.10. The van der Waals surface area contributed by atoms with Crippen LogP contribution in [0.25, 0.3) is 55.6 Å². The molecule has 15 aromatic rings. The van der Waals surface area contributed by atoms with Crippen LogP contribution in [0.3, 0.4) is 0 Å². The Balaban J connectivity index is 0.000000115. The van der Waals surface area contributed by atoms with Crippen LogP contribution in [0.5, 0.6) is 0 Å². The number of benzene rings is 15. The van der Waals surface area contributed by atoms with Crippen LogP contribution in [-0.4, -0.2) is 71.9 Å². The van der Waals surface area contributed by atoms with Gasteiger partial charge in [-0.3, -0.25) is 0 Å². The predicted molar refractivity (Wildman–Crippen MR) is 557 cm³/mol. The molecule has 670 valence electrons.